The van der Waals surface area contributed by atoms with Gasteiger partial charge in [0.1, 0.15) is 17.4 Å². The highest BCUT2D eigenvalue weighted by Crippen LogP contribution is 2.28. The molecule has 23 heavy (non-hydrogen) atoms. The maximum atomic E-state index is 12.2. The third-order valence-corrected chi connectivity index (χ3v) is 3.97. The van der Waals surface area contributed by atoms with Crippen LogP contribution in [0.3, 0.4) is 0 Å². The Morgan fingerprint density at radius 2 is 2.09 bits per heavy atom. The van der Waals surface area contributed by atoms with Gasteiger partial charge in [0.25, 0.3) is 0 Å². The van der Waals surface area contributed by atoms with E-state index in [0.29, 0.717) is 10.6 Å². The zero-order valence-corrected chi connectivity index (χ0v) is 13.2. The Morgan fingerprint density at radius 3 is 2.87 bits per heavy atom. The second-order valence-electron chi connectivity index (χ2n) is 5.27. The number of phenolic OH excluding ortho intramolecular Hbond substituents is 1. The molecule has 0 aliphatic rings. The van der Waals surface area contributed by atoms with Crippen LogP contribution < -0.4 is 0 Å². The van der Waals surface area contributed by atoms with Gasteiger partial charge in [-0.2, -0.15) is 0 Å². The molecule has 0 saturated carbocycles. The molecule has 1 aromatic heterocycles. The molecule has 2 aromatic carbocycles. The fraction of sp³-hybridized carbons (Fsp3) is 0.167. The Labute approximate surface area is 138 Å². The van der Waals surface area contributed by atoms with E-state index in [4.69, 9.17) is 20.8 Å². The van der Waals surface area contributed by atoms with E-state index in [1.807, 2.05) is 18.2 Å². The van der Waals surface area contributed by atoms with E-state index in [-0.39, 0.29) is 18.1 Å². The van der Waals surface area contributed by atoms with E-state index in [9.17, 15) is 9.90 Å². The number of rotatable bonds is 4. The summed E-state index contributed by atoms with van der Waals surface area (Å²) in [6, 6.07) is 12.0. The van der Waals surface area contributed by atoms with Crippen molar-refractivity contribution < 1.29 is 19.1 Å². The number of hydrogen-bond donors (Lipinski definition) is 1. The minimum atomic E-state index is -0.432. The van der Waals surface area contributed by atoms with Gasteiger partial charge in [0.2, 0.25) is 0 Å². The van der Waals surface area contributed by atoms with Gasteiger partial charge in [-0.25, -0.2) is 0 Å². The standard InChI is InChI=1S/C18H15ClO4/c1-11(14-4-2-3-5-16(14)19)23-18(21)8-12-10-22-17-9-13(20)6-7-15(12)17/h2-7,9-11,20H,8H2,1H3/t11-/m0/s1. The Kier molecular flexibility index (Phi) is 4.26. The predicted molar refractivity (Wildman–Crippen MR) is 87.5 cm³/mol. The van der Waals surface area contributed by atoms with Crippen LogP contribution in [-0.4, -0.2) is 11.1 Å². The van der Waals surface area contributed by atoms with Gasteiger partial charge in [-0.05, 0) is 25.1 Å². The van der Waals surface area contributed by atoms with Crippen LogP contribution in [0.2, 0.25) is 5.02 Å². The molecule has 0 bridgehead atoms. The predicted octanol–water partition coefficient (Wildman–Crippen LogP) is 4.64. The van der Waals surface area contributed by atoms with Crippen molar-refractivity contribution in [2.24, 2.45) is 0 Å². The highest BCUT2D eigenvalue weighted by molar-refractivity contribution is 6.31. The van der Waals surface area contributed by atoms with Gasteiger partial charge < -0.3 is 14.3 Å². The number of esters is 1. The summed E-state index contributed by atoms with van der Waals surface area (Å²) in [4.78, 5) is 12.2. The van der Waals surface area contributed by atoms with Gasteiger partial charge in [0.05, 0.1) is 12.7 Å². The molecule has 4 nitrogen and oxygen atoms in total. The Hall–Kier alpha value is -2.46. The number of ether oxygens (including phenoxy) is 1. The first kappa shape index (κ1) is 15.4. The maximum absolute atomic E-state index is 12.2. The van der Waals surface area contributed by atoms with Gasteiger partial charge in [-0.1, -0.05) is 29.8 Å². The normalized spacial score (nSPS) is 12.3. The minimum absolute atomic E-state index is 0.0898. The molecule has 0 fully saturated rings. The summed E-state index contributed by atoms with van der Waals surface area (Å²) in [5.74, 6) is -0.249. The number of aromatic hydroxyl groups is 1. The first-order valence-corrected chi connectivity index (χ1v) is 7.55. The fourth-order valence-corrected chi connectivity index (χ4v) is 2.76. The van der Waals surface area contributed by atoms with Crippen molar-refractivity contribution >= 4 is 28.5 Å². The lowest BCUT2D eigenvalue weighted by Gasteiger charge is -2.14. The van der Waals surface area contributed by atoms with Crippen molar-refractivity contribution in [2.75, 3.05) is 0 Å². The van der Waals surface area contributed by atoms with Crippen molar-refractivity contribution in [1.82, 2.24) is 0 Å². The van der Waals surface area contributed by atoms with Crippen molar-refractivity contribution in [3.8, 4) is 5.75 Å². The van der Waals surface area contributed by atoms with Gasteiger partial charge >= 0.3 is 5.97 Å². The highest BCUT2D eigenvalue weighted by atomic mass is 35.5. The third kappa shape index (κ3) is 3.32. The molecule has 0 unspecified atom stereocenters. The summed E-state index contributed by atoms with van der Waals surface area (Å²) in [5.41, 5.74) is 2.02. The summed E-state index contributed by atoms with van der Waals surface area (Å²) < 4.78 is 10.8. The van der Waals surface area contributed by atoms with E-state index in [2.05, 4.69) is 0 Å². The quantitative estimate of drug-likeness (QED) is 0.708. The summed E-state index contributed by atoms with van der Waals surface area (Å²) >= 11 is 6.11. The Morgan fingerprint density at radius 1 is 1.30 bits per heavy atom. The Balaban J connectivity index is 1.72. The number of fused-ring (bicyclic) bond motifs is 1. The van der Waals surface area contributed by atoms with E-state index in [0.717, 1.165) is 16.5 Å². The van der Waals surface area contributed by atoms with Crippen LogP contribution in [0.15, 0.2) is 53.1 Å². The molecule has 1 heterocycles. The molecule has 0 radical (unpaired) electrons. The molecule has 1 N–H and O–H groups in total. The first-order chi connectivity index (χ1) is 11.0. The van der Waals surface area contributed by atoms with Crippen LogP contribution in [0, 0.1) is 0 Å². The molecular formula is C18H15ClO4. The fourth-order valence-electron chi connectivity index (χ4n) is 2.47. The van der Waals surface area contributed by atoms with E-state index >= 15 is 0 Å². The second-order valence-corrected chi connectivity index (χ2v) is 5.68. The van der Waals surface area contributed by atoms with Gasteiger partial charge in [-0.3, -0.25) is 4.79 Å². The molecule has 0 aliphatic carbocycles. The first-order valence-electron chi connectivity index (χ1n) is 7.17. The largest absolute Gasteiger partial charge is 0.508 e. The maximum Gasteiger partial charge on any atom is 0.311 e. The van der Waals surface area contributed by atoms with Gasteiger partial charge in [0, 0.05) is 27.6 Å². The van der Waals surface area contributed by atoms with Crippen molar-refractivity contribution in [3.63, 3.8) is 0 Å². The van der Waals surface area contributed by atoms with Gasteiger partial charge in [-0.15, -0.1) is 0 Å². The molecule has 3 aromatic rings. The molecule has 1 atom stereocenters. The number of furan rings is 1. The average molecular weight is 331 g/mol. The van der Waals surface area contributed by atoms with Crippen LogP contribution in [0.1, 0.15) is 24.2 Å². The zero-order valence-electron chi connectivity index (χ0n) is 12.5. The number of hydrogen-bond acceptors (Lipinski definition) is 4. The van der Waals surface area contributed by atoms with Crippen LogP contribution in [0.25, 0.3) is 11.0 Å². The summed E-state index contributed by atoms with van der Waals surface area (Å²) in [6.45, 7) is 1.78. The lowest BCUT2D eigenvalue weighted by molar-refractivity contribution is -0.147. The lowest BCUT2D eigenvalue weighted by Crippen LogP contribution is -2.11. The molecular weight excluding hydrogens is 316 g/mol. The molecule has 0 spiro atoms. The summed E-state index contributed by atoms with van der Waals surface area (Å²) in [6.07, 6.45) is 1.16. The second kappa shape index (κ2) is 6.34. The number of benzene rings is 2. The van der Waals surface area contributed by atoms with Crippen molar-refractivity contribution in [2.45, 2.75) is 19.4 Å². The highest BCUT2D eigenvalue weighted by Gasteiger charge is 2.17. The smallest absolute Gasteiger partial charge is 0.311 e. The zero-order chi connectivity index (χ0) is 16.4. The van der Waals surface area contributed by atoms with Crippen LogP contribution >= 0.6 is 11.6 Å². The number of phenols is 1. The molecule has 0 amide bonds. The third-order valence-electron chi connectivity index (χ3n) is 3.63. The van der Waals surface area contributed by atoms with E-state index < -0.39 is 6.10 Å². The topological polar surface area (TPSA) is 59.7 Å². The molecule has 118 valence electrons. The SMILES string of the molecule is C[C@H](OC(=O)Cc1coc2cc(O)ccc12)c1ccccc1Cl. The molecule has 0 aliphatic heterocycles. The van der Waals surface area contributed by atoms with Gasteiger partial charge in [0.15, 0.2) is 0 Å². The molecule has 3 rings (SSSR count). The monoisotopic (exact) mass is 330 g/mol. The number of carbonyl (C=O) groups is 1. The van der Waals surface area contributed by atoms with Crippen molar-refractivity contribution in [3.05, 3.63) is 64.9 Å². The summed E-state index contributed by atoms with van der Waals surface area (Å²) in [7, 11) is 0. The molecule has 0 saturated heterocycles. The van der Waals surface area contributed by atoms with Crippen molar-refractivity contribution in [1.29, 1.82) is 0 Å². The van der Waals surface area contributed by atoms with E-state index in [1.165, 1.54) is 12.3 Å². The van der Waals surface area contributed by atoms with Crippen LogP contribution in [-0.2, 0) is 16.0 Å². The number of carbonyl (C=O) groups excluding carboxylic acids is 1. The minimum Gasteiger partial charge on any atom is -0.508 e. The number of halogens is 1. The molecule has 5 heteroatoms. The van der Waals surface area contributed by atoms with Crippen LogP contribution in [0.4, 0.5) is 0 Å². The average Bonchev–Trinajstić information content (AvgIpc) is 2.89. The Bertz CT molecular complexity index is 853. The van der Waals surface area contributed by atoms with Crippen LogP contribution in [0.5, 0.6) is 5.75 Å². The summed E-state index contributed by atoms with van der Waals surface area (Å²) in [5, 5.41) is 10.8. The lowest BCUT2D eigenvalue weighted by atomic mass is 10.1. The van der Waals surface area contributed by atoms with E-state index in [1.54, 1.807) is 25.1 Å².